The molecule has 1 saturated heterocycles. The van der Waals surface area contributed by atoms with Gasteiger partial charge >= 0.3 is 0 Å². The van der Waals surface area contributed by atoms with E-state index in [9.17, 15) is 14.5 Å². The second kappa shape index (κ2) is 8.22. The van der Waals surface area contributed by atoms with Crippen molar-refractivity contribution in [3.63, 3.8) is 0 Å². The summed E-state index contributed by atoms with van der Waals surface area (Å²) in [5.74, 6) is -0.426. The van der Waals surface area contributed by atoms with Crippen LogP contribution in [0.15, 0.2) is 53.7 Å². The molecule has 10 heteroatoms. The minimum atomic E-state index is -0.798. The number of nitro groups is 1. The lowest BCUT2D eigenvalue weighted by Crippen LogP contribution is -2.02. The molecule has 0 saturated carbocycles. The van der Waals surface area contributed by atoms with Gasteiger partial charge in [-0.15, -0.1) is 11.8 Å². The molecule has 1 unspecified atom stereocenters. The topological polar surface area (TPSA) is 96.6 Å². The van der Waals surface area contributed by atoms with E-state index in [2.05, 4.69) is 9.97 Å². The Kier molecular flexibility index (Phi) is 5.26. The van der Waals surface area contributed by atoms with Crippen molar-refractivity contribution in [2.45, 2.75) is 22.9 Å². The number of hydrogen-bond donors (Lipinski definition) is 0. The zero-order valence-corrected chi connectivity index (χ0v) is 16.9. The Morgan fingerprint density at radius 1 is 1.13 bits per heavy atom. The first kappa shape index (κ1) is 19.9. The molecule has 0 aliphatic carbocycles. The van der Waals surface area contributed by atoms with Gasteiger partial charge in [0.05, 0.1) is 45.7 Å². The number of rotatable bonds is 5. The van der Waals surface area contributed by atoms with Crippen molar-refractivity contribution in [1.29, 1.82) is 0 Å². The molecule has 5 rings (SSSR count). The zero-order chi connectivity index (χ0) is 21.4. The predicted octanol–water partition coefficient (Wildman–Crippen LogP) is 4.75. The van der Waals surface area contributed by atoms with Gasteiger partial charge in [-0.25, -0.2) is 4.39 Å². The molecule has 3 aromatic rings. The number of thioether (sulfide) groups is 1. The summed E-state index contributed by atoms with van der Waals surface area (Å²) in [6, 6.07) is 8.85. The summed E-state index contributed by atoms with van der Waals surface area (Å²) in [6.07, 6.45) is 3.65. The van der Waals surface area contributed by atoms with Crippen LogP contribution in [0.25, 0.3) is 0 Å². The van der Waals surface area contributed by atoms with Gasteiger partial charge in [0.1, 0.15) is 5.75 Å². The summed E-state index contributed by atoms with van der Waals surface area (Å²) in [5.41, 5.74) is 2.26. The Bertz CT molecular complexity index is 1140. The molecule has 0 amide bonds. The summed E-state index contributed by atoms with van der Waals surface area (Å²) in [4.78, 5) is 20.0. The largest absolute Gasteiger partial charge is 0.453 e. The van der Waals surface area contributed by atoms with E-state index in [1.807, 2.05) is 12.1 Å². The van der Waals surface area contributed by atoms with Crippen molar-refractivity contribution in [2.24, 2.45) is 0 Å². The lowest BCUT2D eigenvalue weighted by molar-refractivity contribution is -0.385. The van der Waals surface area contributed by atoms with Crippen LogP contribution in [-0.2, 0) is 15.9 Å². The third-order valence-electron chi connectivity index (χ3n) is 4.96. The highest BCUT2D eigenvalue weighted by Gasteiger charge is 2.30. The van der Waals surface area contributed by atoms with Crippen LogP contribution in [0.2, 0.25) is 0 Å². The standard InChI is InChI=1S/C21H16FN3O5S/c22-14-9-13(25(26)27)2-4-17(14)30-18-5-6-23-16-10-19(31-20(16)18)15-3-1-12(11-24-15)21-28-7-8-29-21/h1-6,9,11,19,21H,7-8,10H2. The molecule has 1 fully saturated rings. The van der Waals surface area contributed by atoms with Gasteiger partial charge in [0.25, 0.3) is 5.69 Å². The van der Waals surface area contributed by atoms with Crippen LogP contribution in [0.1, 0.15) is 28.5 Å². The highest BCUT2D eigenvalue weighted by atomic mass is 32.2. The smallest absolute Gasteiger partial charge is 0.272 e. The molecular weight excluding hydrogens is 425 g/mol. The van der Waals surface area contributed by atoms with Gasteiger partial charge in [0.15, 0.2) is 17.9 Å². The first-order valence-corrected chi connectivity index (χ1v) is 10.4. The van der Waals surface area contributed by atoms with Gasteiger partial charge < -0.3 is 14.2 Å². The van der Waals surface area contributed by atoms with Crippen molar-refractivity contribution in [3.05, 3.63) is 81.7 Å². The highest BCUT2D eigenvalue weighted by Crippen LogP contribution is 2.50. The minimum Gasteiger partial charge on any atom is -0.453 e. The normalized spacial score (nSPS) is 18.2. The average Bonchev–Trinajstić information content (AvgIpc) is 3.46. The number of aromatic nitrogens is 2. The van der Waals surface area contributed by atoms with Crippen LogP contribution >= 0.6 is 11.8 Å². The molecule has 2 aliphatic heterocycles. The molecule has 31 heavy (non-hydrogen) atoms. The fraction of sp³-hybridized carbons (Fsp3) is 0.238. The zero-order valence-electron chi connectivity index (χ0n) is 16.1. The van der Waals surface area contributed by atoms with Crippen LogP contribution in [0.5, 0.6) is 11.5 Å². The van der Waals surface area contributed by atoms with Crippen LogP contribution in [0.3, 0.4) is 0 Å². The molecule has 8 nitrogen and oxygen atoms in total. The molecular formula is C21H16FN3O5S. The summed E-state index contributed by atoms with van der Waals surface area (Å²) in [7, 11) is 0. The summed E-state index contributed by atoms with van der Waals surface area (Å²) < 4.78 is 31.0. The predicted molar refractivity (Wildman–Crippen MR) is 109 cm³/mol. The molecule has 1 atom stereocenters. The number of ether oxygens (including phenoxy) is 3. The molecule has 158 valence electrons. The number of pyridine rings is 2. The van der Waals surface area contributed by atoms with E-state index in [1.165, 1.54) is 12.1 Å². The maximum atomic E-state index is 14.3. The Balaban J connectivity index is 1.35. The second-order valence-corrected chi connectivity index (χ2v) is 8.17. The maximum absolute atomic E-state index is 14.3. The molecule has 0 radical (unpaired) electrons. The van der Waals surface area contributed by atoms with Crippen molar-refractivity contribution in [1.82, 2.24) is 9.97 Å². The second-order valence-electron chi connectivity index (χ2n) is 6.96. The summed E-state index contributed by atoms with van der Waals surface area (Å²) in [5, 5.41) is 10.8. The lowest BCUT2D eigenvalue weighted by Gasteiger charge is -2.12. The van der Waals surface area contributed by atoms with E-state index in [4.69, 9.17) is 14.2 Å². The summed E-state index contributed by atoms with van der Waals surface area (Å²) in [6.45, 7) is 1.15. The van der Waals surface area contributed by atoms with Crippen molar-refractivity contribution < 1.29 is 23.5 Å². The summed E-state index contributed by atoms with van der Waals surface area (Å²) >= 11 is 1.54. The van der Waals surface area contributed by atoms with Gasteiger partial charge in [-0.1, -0.05) is 6.07 Å². The Labute approximate surface area is 180 Å². The van der Waals surface area contributed by atoms with E-state index in [-0.39, 0.29) is 23.0 Å². The fourth-order valence-electron chi connectivity index (χ4n) is 3.45. The Hall–Kier alpha value is -3.08. The fourth-order valence-corrected chi connectivity index (χ4v) is 4.73. The maximum Gasteiger partial charge on any atom is 0.272 e. The van der Waals surface area contributed by atoms with Crippen LogP contribution < -0.4 is 4.74 Å². The minimum absolute atomic E-state index is 0.0356. The van der Waals surface area contributed by atoms with Crippen LogP contribution in [-0.4, -0.2) is 28.1 Å². The van der Waals surface area contributed by atoms with E-state index < -0.39 is 10.7 Å². The Morgan fingerprint density at radius 3 is 2.68 bits per heavy atom. The van der Waals surface area contributed by atoms with Crippen molar-refractivity contribution >= 4 is 17.4 Å². The molecule has 2 aliphatic rings. The number of nitrogens with zero attached hydrogens (tertiary/aromatic N) is 3. The van der Waals surface area contributed by atoms with Crippen molar-refractivity contribution in [3.8, 4) is 11.5 Å². The number of halogens is 1. The molecule has 0 N–H and O–H groups in total. The molecule has 1 aromatic carbocycles. The number of non-ortho nitro benzene ring substituents is 1. The molecule has 0 bridgehead atoms. The number of nitro benzene ring substituents is 1. The monoisotopic (exact) mass is 441 g/mol. The van der Waals surface area contributed by atoms with Gasteiger partial charge in [-0.2, -0.15) is 0 Å². The molecule has 4 heterocycles. The van der Waals surface area contributed by atoms with E-state index in [0.717, 1.165) is 27.9 Å². The SMILES string of the molecule is O=[N+]([O-])c1ccc(Oc2ccnc3c2SC(c2ccc(C4OCCO4)cn2)C3)c(F)c1. The lowest BCUT2D eigenvalue weighted by atomic mass is 10.1. The number of fused-ring (bicyclic) bond motifs is 1. The van der Waals surface area contributed by atoms with Crippen molar-refractivity contribution in [2.75, 3.05) is 13.2 Å². The van der Waals surface area contributed by atoms with E-state index in [0.29, 0.717) is 25.4 Å². The average molecular weight is 441 g/mol. The van der Waals surface area contributed by atoms with Gasteiger partial charge in [0.2, 0.25) is 0 Å². The quantitative estimate of drug-likeness (QED) is 0.413. The highest BCUT2D eigenvalue weighted by molar-refractivity contribution is 8.00. The Morgan fingerprint density at radius 2 is 1.97 bits per heavy atom. The third-order valence-corrected chi connectivity index (χ3v) is 6.33. The molecule has 0 spiro atoms. The van der Waals surface area contributed by atoms with Gasteiger partial charge in [-0.05, 0) is 12.1 Å². The first-order valence-electron chi connectivity index (χ1n) is 9.54. The third kappa shape index (κ3) is 3.97. The van der Waals surface area contributed by atoms with E-state index in [1.54, 1.807) is 30.2 Å². The van der Waals surface area contributed by atoms with Gasteiger partial charge in [-0.3, -0.25) is 20.1 Å². The van der Waals surface area contributed by atoms with Crippen LogP contribution in [0, 0.1) is 15.9 Å². The number of benzene rings is 1. The number of hydrogen-bond acceptors (Lipinski definition) is 8. The molecule has 2 aromatic heterocycles. The van der Waals surface area contributed by atoms with Crippen LogP contribution in [0.4, 0.5) is 10.1 Å². The van der Waals surface area contributed by atoms with E-state index >= 15 is 0 Å². The van der Waals surface area contributed by atoms with Gasteiger partial charge in [0, 0.05) is 36.5 Å². The first-order chi connectivity index (χ1) is 15.1.